The van der Waals surface area contributed by atoms with Gasteiger partial charge in [0.05, 0.1) is 0 Å². The fraction of sp³-hybridized carbons (Fsp3) is 0.400. The topological polar surface area (TPSA) is 55.5 Å². The molecule has 1 atom stereocenters. The SMILES string of the molecule is Cc1cc(OCC(O)CN)ccc1Cl.Cl. The third-order valence-corrected chi connectivity index (χ3v) is 2.27. The van der Waals surface area contributed by atoms with Crippen molar-refractivity contribution >= 4 is 24.0 Å². The molecule has 0 heterocycles. The minimum atomic E-state index is -0.619. The van der Waals surface area contributed by atoms with Crippen molar-refractivity contribution in [3.63, 3.8) is 0 Å². The van der Waals surface area contributed by atoms with Crippen LogP contribution < -0.4 is 10.5 Å². The number of hydrogen-bond acceptors (Lipinski definition) is 3. The zero-order valence-corrected chi connectivity index (χ0v) is 10.0. The Kier molecular flexibility index (Phi) is 6.68. The van der Waals surface area contributed by atoms with Gasteiger partial charge in [-0.05, 0) is 30.7 Å². The van der Waals surface area contributed by atoms with Crippen molar-refractivity contribution in [2.45, 2.75) is 13.0 Å². The maximum Gasteiger partial charge on any atom is 0.119 e. The van der Waals surface area contributed by atoms with Gasteiger partial charge in [0.2, 0.25) is 0 Å². The molecule has 3 N–H and O–H groups in total. The van der Waals surface area contributed by atoms with Gasteiger partial charge in [-0.25, -0.2) is 0 Å². The van der Waals surface area contributed by atoms with Gasteiger partial charge in [0.25, 0.3) is 0 Å². The molecule has 0 saturated carbocycles. The lowest BCUT2D eigenvalue weighted by Crippen LogP contribution is -2.26. The highest BCUT2D eigenvalue weighted by Gasteiger charge is 2.03. The Labute approximate surface area is 101 Å². The first-order chi connectivity index (χ1) is 6.63. The molecule has 0 fully saturated rings. The molecule has 86 valence electrons. The van der Waals surface area contributed by atoms with Crippen LogP contribution in [0.3, 0.4) is 0 Å². The molecular formula is C10H15Cl2NO2. The molecule has 0 bridgehead atoms. The summed E-state index contributed by atoms with van der Waals surface area (Å²) < 4.78 is 5.31. The second-order valence-electron chi connectivity index (χ2n) is 3.11. The summed E-state index contributed by atoms with van der Waals surface area (Å²) in [4.78, 5) is 0. The normalized spacial score (nSPS) is 11.7. The van der Waals surface area contributed by atoms with Crippen molar-refractivity contribution in [3.8, 4) is 5.75 Å². The number of benzene rings is 1. The molecule has 0 spiro atoms. The van der Waals surface area contributed by atoms with Gasteiger partial charge in [0, 0.05) is 11.6 Å². The number of aliphatic hydroxyl groups is 1. The van der Waals surface area contributed by atoms with Crippen molar-refractivity contribution in [1.29, 1.82) is 0 Å². The van der Waals surface area contributed by atoms with Gasteiger partial charge in [-0.3, -0.25) is 0 Å². The molecule has 0 saturated heterocycles. The second-order valence-corrected chi connectivity index (χ2v) is 3.52. The summed E-state index contributed by atoms with van der Waals surface area (Å²) >= 11 is 5.85. The van der Waals surface area contributed by atoms with Crippen LogP contribution in [0.1, 0.15) is 5.56 Å². The fourth-order valence-corrected chi connectivity index (χ4v) is 1.08. The van der Waals surface area contributed by atoms with Crippen molar-refractivity contribution in [2.24, 2.45) is 5.73 Å². The van der Waals surface area contributed by atoms with Crippen molar-refractivity contribution in [1.82, 2.24) is 0 Å². The summed E-state index contributed by atoms with van der Waals surface area (Å²) in [5.41, 5.74) is 6.19. The molecule has 1 unspecified atom stereocenters. The molecule has 15 heavy (non-hydrogen) atoms. The van der Waals surface area contributed by atoms with Crippen LogP contribution in [0.4, 0.5) is 0 Å². The van der Waals surface area contributed by atoms with E-state index in [1.54, 1.807) is 12.1 Å². The van der Waals surface area contributed by atoms with E-state index in [1.807, 2.05) is 13.0 Å². The predicted octanol–water partition coefficient (Wildman–Crippen LogP) is 1.77. The Balaban J connectivity index is 0.00000196. The number of aliphatic hydroxyl groups excluding tert-OH is 1. The van der Waals surface area contributed by atoms with E-state index >= 15 is 0 Å². The number of nitrogens with two attached hydrogens (primary N) is 1. The van der Waals surface area contributed by atoms with Gasteiger partial charge in [0.15, 0.2) is 0 Å². The maximum absolute atomic E-state index is 9.17. The summed E-state index contributed by atoms with van der Waals surface area (Å²) in [6.45, 7) is 2.30. The number of rotatable bonds is 4. The van der Waals surface area contributed by atoms with Crippen LogP contribution in [0, 0.1) is 6.92 Å². The van der Waals surface area contributed by atoms with Gasteiger partial charge < -0.3 is 15.6 Å². The lowest BCUT2D eigenvalue weighted by atomic mass is 10.2. The van der Waals surface area contributed by atoms with E-state index in [0.29, 0.717) is 10.8 Å². The zero-order valence-electron chi connectivity index (χ0n) is 8.44. The summed E-state index contributed by atoms with van der Waals surface area (Å²) in [6, 6.07) is 5.35. The van der Waals surface area contributed by atoms with E-state index in [-0.39, 0.29) is 25.6 Å². The molecule has 1 aromatic carbocycles. The molecule has 0 aliphatic carbocycles. The molecule has 0 aliphatic heterocycles. The Hall–Kier alpha value is -0.480. The fourth-order valence-electron chi connectivity index (χ4n) is 0.967. The van der Waals surface area contributed by atoms with E-state index in [9.17, 15) is 0 Å². The van der Waals surface area contributed by atoms with Crippen LogP contribution in [-0.2, 0) is 0 Å². The van der Waals surface area contributed by atoms with E-state index in [2.05, 4.69) is 0 Å². The van der Waals surface area contributed by atoms with Crippen LogP contribution in [0.5, 0.6) is 5.75 Å². The van der Waals surface area contributed by atoms with Crippen molar-refractivity contribution in [3.05, 3.63) is 28.8 Å². The van der Waals surface area contributed by atoms with Gasteiger partial charge >= 0.3 is 0 Å². The molecule has 0 amide bonds. The maximum atomic E-state index is 9.17. The molecule has 1 aromatic rings. The molecular weight excluding hydrogens is 237 g/mol. The molecule has 1 rings (SSSR count). The lowest BCUT2D eigenvalue weighted by Gasteiger charge is -2.10. The number of ether oxygens (including phenoxy) is 1. The molecule has 5 heteroatoms. The van der Waals surface area contributed by atoms with Gasteiger partial charge in [-0.1, -0.05) is 11.6 Å². The monoisotopic (exact) mass is 251 g/mol. The molecule has 0 radical (unpaired) electrons. The number of halogens is 2. The van der Waals surface area contributed by atoms with Crippen LogP contribution in [0.2, 0.25) is 5.02 Å². The number of aryl methyl sites for hydroxylation is 1. The summed E-state index contributed by atoms with van der Waals surface area (Å²) in [5, 5.41) is 9.87. The lowest BCUT2D eigenvalue weighted by molar-refractivity contribution is 0.114. The first kappa shape index (κ1) is 14.5. The molecule has 0 aromatic heterocycles. The van der Waals surface area contributed by atoms with Gasteiger partial charge in [-0.2, -0.15) is 0 Å². The smallest absolute Gasteiger partial charge is 0.119 e. The van der Waals surface area contributed by atoms with E-state index in [1.165, 1.54) is 0 Å². The minimum Gasteiger partial charge on any atom is -0.491 e. The van der Waals surface area contributed by atoms with Crippen LogP contribution in [0.15, 0.2) is 18.2 Å². The Morgan fingerprint density at radius 2 is 2.20 bits per heavy atom. The summed E-state index contributed by atoms with van der Waals surface area (Å²) in [6.07, 6.45) is -0.619. The zero-order chi connectivity index (χ0) is 10.6. The van der Waals surface area contributed by atoms with E-state index in [4.69, 9.17) is 27.2 Å². The summed E-state index contributed by atoms with van der Waals surface area (Å²) in [5.74, 6) is 0.694. The first-order valence-electron chi connectivity index (χ1n) is 4.40. The second kappa shape index (κ2) is 6.90. The largest absolute Gasteiger partial charge is 0.491 e. The first-order valence-corrected chi connectivity index (χ1v) is 4.78. The predicted molar refractivity (Wildman–Crippen MR) is 64.0 cm³/mol. The van der Waals surface area contributed by atoms with Gasteiger partial charge in [-0.15, -0.1) is 12.4 Å². The Morgan fingerprint density at radius 1 is 1.53 bits per heavy atom. The van der Waals surface area contributed by atoms with Crippen molar-refractivity contribution < 1.29 is 9.84 Å². The van der Waals surface area contributed by atoms with Crippen molar-refractivity contribution in [2.75, 3.05) is 13.2 Å². The molecule has 0 aliphatic rings. The highest BCUT2D eigenvalue weighted by Crippen LogP contribution is 2.20. The molecule has 3 nitrogen and oxygen atoms in total. The number of hydrogen-bond donors (Lipinski definition) is 2. The van der Waals surface area contributed by atoms with E-state index < -0.39 is 6.10 Å². The third-order valence-electron chi connectivity index (χ3n) is 1.84. The summed E-state index contributed by atoms with van der Waals surface area (Å²) in [7, 11) is 0. The average molecular weight is 252 g/mol. The minimum absolute atomic E-state index is 0. The Morgan fingerprint density at radius 3 is 2.73 bits per heavy atom. The van der Waals surface area contributed by atoms with Crippen LogP contribution >= 0.6 is 24.0 Å². The average Bonchev–Trinajstić information content (AvgIpc) is 2.19. The highest BCUT2D eigenvalue weighted by molar-refractivity contribution is 6.31. The Bertz CT molecular complexity index is 307. The standard InChI is InChI=1S/C10H14ClNO2.ClH/c1-7-4-9(2-3-10(7)11)14-6-8(13)5-12;/h2-4,8,13H,5-6,12H2,1H3;1H. The van der Waals surface area contributed by atoms with Crippen LogP contribution in [-0.4, -0.2) is 24.4 Å². The quantitative estimate of drug-likeness (QED) is 0.858. The van der Waals surface area contributed by atoms with Crippen LogP contribution in [0.25, 0.3) is 0 Å². The highest BCUT2D eigenvalue weighted by atomic mass is 35.5. The third kappa shape index (κ3) is 4.71. The van der Waals surface area contributed by atoms with Gasteiger partial charge in [0.1, 0.15) is 18.5 Å². The van der Waals surface area contributed by atoms with E-state index in [0.717, 1.165) is 5.56 Å².